The second-order valence-corrected chi connectivity index (χ2v) is 7.99. The highest BCUT2D eigenvalue weighted by Gasteiger charge is 2.33. The molecular formula is C22H20N2O3S. The number of carbonyl (C=O) groups excluding carboxylic acids is 2. The average molecular weight is 392 g/mol. The minimum atomic E-state index is -0.188. The smallest absolute Gasteiger partial charge is 0.266 e. The summed E-state index contributed by atoms with van der Waals surface area (Å²) < 4.78 is 0. The number of carbonyl (C=O) groups is 2. The maximum Gasteiger partial charge on any atom is 0.266 e. The standard InChI is InChI=1S/C22H20N2O3S/c1-12-6-3-4-9-17(12)23-21(27)20-13(2)19-16(11-18(26)24-22(19)28-20)14-7-5-8-15(25)10-14/h3-10,16,25H,11H2,1-2H3,(H,23,27)(H,24,26)/t16-/m1/s1. The maximum atomic E-state index is 12.9. The van der Waals surface area contributed by atoms with Gasteiger partial charge in [-0.05, 0) is 54.3 Å². The predicted molar refractivity (Wildman–Crippen MR) is 111 cm³/mol. The van der Waals surface area contributed by atoms with Gasteiger partial charge in [-0.2, -0.15) is 0 Å². The van der Waals surface area contributed by atoms with Gasteiger partial charge in [-0.15, -0.1) is 11.3 Å². The van der Waals surface area contributed by atoms with Gasteiger partial charge >= 0.3 is 0 Å². The van der Waals surface area contributed by atoms with Crippen LogP contribution in [0.25, 0.3) is 0 Å². The molecule has 2 amide bonds. The van der Waals surface area contributed by atoms with Gasteiger partial charge < -0.3 is 15.7 Å². The van der Waals surface area contributed by atoms with Crippen molar-refractivity contribution in [2.75, 3.05) is 10.6 Å². The van der Waals surface area contributed by atoms with Gasteiger partial charge in [0.1, 0.15) is 5.75 Å². The fourth-order valence-electron chi connectivity index (χ4n) is 3.64. The van der Waals surface area contributed by atoms with Gasteiger partial charge in [-0.25, -0.2) is 0 Å². The van der Waals surface area contributed by atoms with Crippen LogP contribution in [0.5, 0.6) is 5.75 Å². The Morgan fingerprint density at radius 1 is 1.18 bits per heavy atom. The van der Waals surface area contributed by atoms with Crippen LogP contribution in [-0.4, -0.2) is 16.9 Å². The number of amides is 2. The van der Waals surface area contributed by atoms with Gasteiger partial charge in [0.05, 0.1) is 9.88 Å². The van der Waals surface area contributed by atoms with Crippen molar-refractivity contribution in [3.05, 3.63) is 75.7 Å². The summed E-state index contributed by atoms with van der Waals surface area (Å²) in [5, 5.41) is 16.4. The fourth-order valence-corrected chi connectivity index (χ4v) is 4.82. The normalized spacial score (nSPS) is 15.6. The molecule has 142 valence electrons. The van der Waals surface area contributed by atoms with Crippen molar-refractivity contribution in [1.82, 2.24) is 0 Å². The molecule has 2 heterocycles. The van der Waals surface area contributed by atoms with E-state index in [1.165, 1.54) is 11.3 Å². The Kier molecular flexibility index (Phi) is 4.65. The molecule has 0 saturated heterocycles. The molecule has 1 atom stereocenters. The number of fused-ring (bicyclic) bond motifs is 1. The summed E-state index contributed by atoms with van der Waals surface area (Å²) in [6, 6.07) is 14.6. The van der Waals surface area contributed by atoms with E-state index < -0.39 is 0 Å². The first kappa shape index (κ1) is 18.3. The van der Waals surface area contributed by atoms with Crippen LogP contribution < -0.4 is 10.6 Å². The van der Waals surface area contributed by atoms with Gasteiger partial charge in [0, 0.05) is 18.0 Å². The molecule has 4 rings (SSSR count). The van der Waals surface area contributed by atoms with E-state index in [9.17, 15) is 14.7 Å². The van der Waals surface area contributed by atoms with Crippen LogP contribution in [0.2, 0.25) is 0 Å². The lowest BCUT2D eigenvalue weighted by molar-refractivity contribution is -0.116. The highest BCUT2D eigenvalue weighted by molar-refractivity contribution is 7.18. The Morgan fingerprint density at radius 2 is 1.96 bits per heavy atom. The van der Waals surface area contributed by atoms with E-state index >= 15 is 0 Å². The molecule has 0 aliphatic carbocycles. The van der Waals surface area contributed by atoms with E-state index in [1.54, 1.807) is 18.2 Å². The molecule has 0 saturated carbocycles. The van der Waals surface area contributed by atoms with Crippen molar-refractivity contribution in [1.29, 1.82) is 0 Å². The summed E-state index contributed by atoms with van der Waals surface area (Å²) in [5.74, 6) is -0.300. The Hall–Kier alpha value is -3.12. The number of rotatable bonds is 3. The first-order chi connectivity index (χ1) is 13.4. The van der Waals surface area contributed by atoms with Crippen molar-refractivity contribution < 1.29 is 14.7 Å². The van der Waals surface area contributed by atoms with Gasteiger partial charge in [0.15, 0.2) is 0 Å². The summed E-state index contributed by atoms with van der Waals surface area (Å²) >= 11 is 1.30. The molecule has 0 spiro atoms. The zero-order chi connectivity index (χ0) is 19.8. The van der Waals surface area contributed by atoms with Gasteiger partial charge in [0.25, 0.3) is 5.91 Å². The number of aryl methyl sites for hydroxylation is 1. The van der Waals surface area contributed by atoms with Gasteiger partial charge in [0.2, 0.25) is 5.91 Å². The number of phenols is 1. The first-order valence-corrected chi connectivity index (χ1v) is 9.84. The first-order valence-electron chi connectivity index (χ1n) is 9.03. The second-order valence-electron chi connectivity index (χ2n) is 6.97. The van der Waals surface area contributed by atoms with E-state index in [0.29, 0.717) is 9.88 Å². The van der Waals surface area contributed by atoms with Crippen molar-refractivity contribution >= 4 is 33.8 Å². The van der Waals surface area contributed by atoms with Crippen molar-refractivity contribution in [2.45, 2.75) is 26.2 Å². The van der Waals surface area contributed by atoms with Gasteiger partial charge in [-0.3, -0.25) is 9.59 Å². The minimum absolute atomic E-state index is 0.0899. The third kappa shape index (κ3) is 3.27. The molecule has 0 radical (unpaired) electrons. The Labute approximate surface area is 167 Å². The Balaban J connectivity index is 1.73. The van der Waals surface area contributed by atoms with Gasteiger partial charge in [-0.1, -0.05) is 30.3 Å². The molecular weight excluding hydrogens is 372 g/mol. The summed E-state index contributed by atoms with van der Waals surface area (Å²) in [6.45, 7) is 3.86. The second kappa shape index (κ2) is 7.13. The number of anilines is 2. The fraction of sp³-hybridized carbons (Fsp3) is 0.182. The van der Waals surface area contributed by atoms with Crippen LogP contribution in [0.1, 0.15) is 44.3 Å². The summed E-state index contributed by atoms with van der Waals surface area (Å²) in [4.78, 5) is 25.8. The monoisotopic (exact) mass is 392 g/mol. The van der Waals surface area contributed by atoms with E-state index in [4.69, 9.17) is 0 Å². The lowest BCUT2D eigenvalue weighted by Gasteiger charge is -2.24. The average Bonchev–Trinajstić information content (AvgIpc) is 2.99. The summed E-state index contributed by atoms with van der Waals surface area (Å²) in [7, 11) is 0. The minimum Gasteiger partial charge on any atom is -0.508 e. The number of aromatic hydroxyl groups is 1. The molecule has 1 aromatic heterocycles. The molecule has 6 heteroatoms. The summed E-state index contributed by atoms with van der Waals surface area (Å²) in [5.41, 5.74) is 4.43. The molecule has 1 aliphatic heterocycles. The molecule has 2 aromatic carbocycles. The molecule has 28 heavy (non-hydrogen) atoms. The lowest BCUT2D eigenvalue weighted by atomic mass is 9.85. The number of hydrogen-bond donors (Lipinski definition) is 3. The third-order valence-corrected chi connectivity index (χ3v) is 6.28. The highest BCUT2D eigenvalue weighted by atomic mass is 32.1. The Bertz CT molecular complexity index is 1090. The highest BCUT2D eigenvalue weighted by Crippen LogP contribution is 2.45. The van der Waals surface area contributed by atoms with Crippen LogP contribution in [0.15, 0.2) is 48.5 Å². The molecule has 3 N–H and O–H groups in total. The maximum absolute atomic E-state index is 12.9. The molecule has 0 unspecified atom stereocenters. The number of nitrogens with one attached hydrogen (secondary N) is 2. The predicted octanol–water partition coefficient (Wildman–Crippen LogP) is 4.80. The van der Waals surface area contributed by atoms with Crippen molar-refractivity contribution in [3.8, 4) is 5.75 Å². The number of hydrogen-bond acceptors (Lipinski definition) is 4. The molecule has 0 fully saturated rings. The molecule has 1 aliphatic rings. The number of benzene rings is 2. The Morgan fingerprint density at radius 3 is 2.71 bits per heavy atom. The van der Waals surface area contributed by atoms with Crippen LogP contribution in [0.4, 0.5) is 10.7 Å². The van der Waals surface area contributed by atoms with Crippen LogP contribution >= 0.6 is 11.3 Å². The van der Waals surface area contributed by atoms with Crippen LogP contribution in [0, 0.1) is 13.8 Å². The third-order valence-electron chi connectivity index (χ3n) is 5.06. The summed E-state index contributed by atoms with van der Waals surface area (Å²) in [6.07, 6.45) is 0.285. The largest absolute Gasteiger partial charge is 0.508 e. The zero-order valence-corrected chi connectivity index (χ0v) is 16.4. The molecule has 0 bridgehead atoms. The van der Waals surface area contributed by atoms with E-state index in [0.717, 1.165) is 27.9 Å². The van der Waals surface area contributed by atoms with E-state index in [-0.39, 0.29) is 29.9 Å². The van der Waals surface area contributed by atoms with E-state index in [2.05, 4.69) is 10.6 Å². The van der Waals surface area contributed by atoms with Crippen LogP contribution in [-0.2, 0) is 4.79 Å². The number of para-hydroxylation sites is 1. The van der Waals surface area contributed by atoms with Crippen LogP contribution in [0.3, 0.4) is 0 Å². The van der Waals surface area contributed by atoms with Crippen molar-refractivity contribution in [3.63, 3.8) is 0 Å². The molecule has 5 nitrogen and oxygen atoms in total. The lowest BCUT2D eigenvalue weighted by Crippen LogP contribution is -2.22. The number of phenolic OH excluding ortho intramolecular Hbond substituents is 1. The quantitative estimate of drug-likeness (QED) is 0.599. The molecule has 3 aromatic rings. The SMILES string of the molecule is Cc1ccccc1NC(=O)c1sc2c(c1C)[C@@H](c1cccc(O)c1)CC(=O)N2. The topological polar surface area (TPSA) is 78.4 Å². The number of thiophene rings is 1. The van der Waals surface area contributed by atoms with Crippen molar-refractivity contribution in [2.24, 2.45) is 0 Å². The van der Waals surface area contributed by atoms with E-state index in [1.807, 2.05) is 44.2 Å². The zero-order valence-electron chi connectivity index (χ0n) is 15.6.